The average molecular weight is 619 g/mol. The van der Waals surface area contributed by atoms with Gasteiger partial charge >= 0.3 is 17.9 Å². The largest absolute Gasteiger partial charge is 0.497 e. The second-order valence-corrected chi connectivity index (χ2v) is 8.70. The van der Waals surface area contributed by atoms with Gasteiger partial charge in [-0.25, -0.2) is 14.4 Å². The van der Waals surface area contributed by atoms with Crippen LogP contribution in [0.15, 0.2) is 72.8 Å². The van der Waals surface area contributed by atoms with Crippen molar-refractivity contribution in [3.8, 4) is 11.5 Å². The molecular formula is C26H22INO9. The summed E-state index contributed by atoms with van der Waals surface area (Å²) >= 11 is 2.08. The summed E-state index contributed by atoms with van der Waals surface area (Å²) < 4.78 is 21.5. The Morgan fingerprint density at radius 2 is 1.24 bits per heavy atom. The summed E-state index contributed by atoms with van der Waals surface area (Å²) in [5.74, 6) is -4.12. The van der Waals surface area contributed by atoms with Crippen LogP contribution in [0.3, 0.4) is 0 Å². The Morgan fingerprint density at radius 3 is 1.70 bits per heavy atom. The van der Waals surface area contributed by atoms with E-state index in [0.29, 0.717) is 17.2 Å². The lowest BCUT2D eigenvalue weighted by Crippen LogP contribution is -2.48. The number of carbonyl (C=O) groups excluding carboxylic acids is 3. The fraction of sp³-hybridized carbons (Fsp3) is 0.154. The van der Waals surface area contributed by atoms with Crippen molar-refractivity contribution >= 4 is 52.1 Å². The van der Waals surface area contributed by atoms with Crippen molar-refractivity contribution in [1.82, 2.24) is 0 Å². The van der Waals surface area contributed by atoms with E-state index in [2.05, 4.69) is 27.9 Å². The molecule has 2 atom stereocenters. The van der Waals surface area contributed by atoms with Gasteiger partial charge in [-0.1, -0.05) is 12.1 Å². The molecule has 2 N–H and O–H groups in total. The van der Waals surface area contributed by atoms with Crippen LogP contribution in [-0.4, -0.2) is 55.3 Å². The highest BCUT2D eigenvalue weighted by atomic mass is 127. The number of carbonyl (C=O) groups is 4. The molecule has 0 fully saturated rings. The molecule has 3 rings (SSSR count). The molecule has 10 nitrogen and oxygen atoms in total. The highest BCUT2D eigenvalue weighted by Gasteiger charge is 2.41. The van der Waals surface area contributed by atoms with Gasteiger partial charge in [0.25, 0.3) is 5.91 Å². The van der Waals surface area contributed by atoms with Crippen LogP contribution in [0.25, 0.3) is 0 Å². The van der Waals surface area contributed by atoms with Gasteiger partial charge in [0, 0.05) is 9.26 Å². The molecule has 1 amide bonds. The van der Waals surface area contributed by atoms with Gasteiger partial charge in [0.1, 0.15) is 11.5 Å². The van der Waals surface area contributed by atoms with Gasteiger partial charge in [-0.05, 0) is 83.3 Å². The van der Waals surface area contributed by atoms with Crippen molar-refractivity contribution in [2.45, 2.75) is 12.2 Å². The maximum atomic E-state index is 13.2. The molecule has 192 valence electrons. The number of nitrogens with one attached hydrogen (secondary N) is 1. The maximum Gasteiger partial charge on any atom is 0.349 e. The van der Waals surface area contributed by atoms with Gasteiger partial charge < -0.3 is 29.4 Å². The minimum atomic E-state index is -2.17. The Kier molecular flexibility index (Phi) is 9.44. The van der Waals surface area contributed by atoms with Crippen LogP contribution in [0.1, 0.15) is 20.7 Å². The third kappa shape index (κ3) is 7.43. The fourth-order valence-corrected chi connectivity index (χ4v) is 3.47. The van der Waals surface area contributed by atoms with E-state index in [9.17, 15) is 24.3 Å². The smallest absolute Gasteiger partial charge is 0.349 e. The molecule has 0 saturated heterocycles. The minimum absolute atomic E-state index is 0.00493. The molecule has 3 aromatic carbocycles. The highest BCUT2D eigenvalue weighted by molar-refractivity contribution is 14.1. The van der Waals surface area contributed by atoms with Crippen molar-refractivity contribution < 1.29 is 43.2 Å². The molecule has 0 unspecified atom stereocenters. The van der Waals surface area contributed by atoms with Gasteiger partial charge in [0.15, 0.2) is 0 Å². The number of amides is 1. The normalized spacial score (nSPS) is 12.0. The van der Waals surface area contributed by atoms with Crippen LogP contribution in [0, 0.1) is 3.57 Å². The first kappa shape index (κ1) is 27.5. The molecule has 0 aromatic heterocycles. The van der Waals surface area contributed by atoms with Gasteiger partial charge in [-0.2, -0.15) is 0 Å². The number of esters is 2. The van der Waals surface area contributed by atoms with Crippen LogP contribution in [-0.2, 0) is 19.1 Å². The van der Waals surface area contributed by atoms with E-state index in [1.54, 1.807) is 36.4 Å². The zero-order chi connectivity index (χ0) is 26.9. The van der Waals surface area contributed by atoms with E-state index in [-0.39, 0.29) is 11.1 Å². The predicted octanol–water partition coefficient (Wildman–Crippen LogP) is 3.78. The number of hydrogen-bond donors (Lipinski definition) is 2. The van der Waals surface area contributed by atoms with Crippen molar-refractivity contribution in [3.63, 3.8) is 0 Å². The first-order valence-electron chi connectivity index (χ1n) is 10.7. The summed E-state index contributed by atoms with van der Waals surface area (Å²) in [5.41, 5.74) is 0.285. The van der Waals surface area contributed by atoms with E-state index >= 15 is 0 Å². The summed E-state index contributed by atoms with van der Waals surface area (Å²) in [4.78, 5) is 51.0. The third-order valence-corrected chi connectivity index (χ3v) is 5.69. The maximum absolute atomic E-state index is 13.2. The Bertz CT molecular complexity index is 1290. The Labute approximate surface area is 225 Å². The Balaban J connectivity index is 1.92. The molecule has 0 radical (unpaired) electrons. The average Bonchev–Trinajstić information content (AvgIpc) is 2.91. The van der Waals surface area contributed by atoms with E-state index in [1.165, 1.54) is 50.6 Å². The molecule has 0 aliphatic heterocycles. The summed E-state index contributed by atoms with van der Waals surface area (Å²) in [6, 6.07) is 18.3. The van der Waals surface area contributed by atoms with Crippen molar-refractivity contribution in [2.24, 2.45) is 0 Å². The number of rotatable bonds is 10. The zero-order valence-corrected chi connectivity index (χ0v) is 21.8. The monoisotopic (exact) mass is 619 g/mol. The summed E-state index contributed by atoms with van der Waals surface area (Å²) in [6.45, 7) is 0. The SMILES string of the molecule is COc1cccc(C(=O)O[C@H](C(=O)Nc2ccc(I)cc2)[C@@H](OC(=O)c2cccc(OC)c2)C(=O)O)c1. The van der Waals surface area contributed by atoms with Crippen LogP contribution in [0.2, 0.25) is 0 Å². The summed E-state index contributed by atoms with van der Waals surface area (Å²) in [6.07, 6.45) is -4.21. The van der Waals surface area contributed by atoms with E-state index < -0.39 is 36.0 Å². The zero-order valence-electron chi connectivity index (χ0n) is 19.7. The number of hydrogen-bond acceptors (Lipinski definition) is 8. The first-order valence-corrected chi connectivity index (χ1v) is 11.8. The molecule has 0 spiro atoms. The topological polar surface area (TPSA) is 137 Å². The first-order chi connectivity index (χ1) is 17.7. The summed E-state index contributed by atoms with van der Waals surface area (Å²) in [5, 5.41) is 12.4. The molecule has 37 heavy (non-hydrogen) atoms. The number of aliphatic carboxylic acids is 1. The second-order valence-electron chi connectivity index (χ2n) is 7.45. The van der Waals surface area contributed by atoms with Gasteiger partial charge in [-0.3, -0.25) is 4.79 Å². The lowest BCUT2D eigenvalue weighted by molar-refractivity contribution is -0.157. The lowest BCUT2D eigenvalue weighted by atomic mass is 10.1. The highest BCUT2D eigenvalue weighted by Crippen LogP contribution is 2.20. The minimum Gasteiger partial charge on any atom is -0.497 e. The molecular weight excluding hydrogens is 597 g/mol. The molecule has 0 saturated carbocycles. The Morgan fingerprint density at radius 1 is 0.757 bits per heavy atom. The second kappa shape index (κ2) is 12.7. The number of anilines is 1. The van der Waals surface area contributed by atoms with Crippen molar-refractivity contribution in [3.05, 3.63) is 87.5 Å². The molecule has 0 aliphatic rings. The van der Waals surface area contributed by atoms with Crippen molar-refractivity contribution in [2.75, 3.05) is 19.5 Å². The van der Waals surface area contributed by atoms with Gasteiger partial charge in [0.05, 0.1) is 25.3 Å². The van der Waals surface area contributed by atoms with Crippen LogP contribution in [0.4, 0.5) is 5.69 Å². The molecule has 3 aromatic rings. The predicted molar refractivity (Wildman–Crippen MR) is 140 cm³/mol. The third-order valence-electron chi connectivity index (χ3n) is 4.97. The van der Waals surface area contributed by atoms with Crippen molar-refractivity contribution in [1.29, 1.82) is 0 Å². The lowest BCUT2D eigenvalue weighted by Gasteiger charge is -2.23. The van der Waals surface area contributed by atoms with E-state index in [1.807, 2.05) is 0 Å². The van der Waals surface area contributed by atoms with E-state index in [4.69, 9.17) is 18.9 Å². The molecule has 11 heteroatoms. The number of halogens is 1. The van der Waals surface area contributed by atoms with Gasteiger partial charge in [0.2, 0.25) is 12.2 Å². The van der Waals surface area contributed by atoms with Crippen LogP contribution >= 0.6 is 22.6 Å². The molecule has 0 bridgehead atoms. The summed E-state index contributed by atoms with van der Waals surface area (Å²) in [7, 11) is 2.80. The quantitative estimate of drug-likeness (QED) is 0.257. The number of benzene rings is 3. The van der Waals surface area contributed by atoms with Crippen LogP contribution in [0.5, 0.6) is 11.5 Å². The number of carboxylic acid groups (broad SMARTS) is 1. The van der Waals surface area contributed by atoms with Gasteiger partial charge in [-0.15, -0.1) is 0 Å². The van der Waals surface area contributed by atoms with Crippen LogP contribution < -0.4 is 14.8 Å². The molecule has 0 aliphatic carbocycles. The number of methoxy groups -OCH3 is 2. The fourth-order valence-electron chi connectivity index (χ4n) is 3.11. The number of carboxylic acids is 1. The Hall–Kier alpha value is -4.13. The molecule has 0 heterocycles. The number of ether oxygens (including phenoxy) is 4. The van der Waals surface area contributed by atoms with E-state index in [0.717, 1.165) is 3.57 Å². The standard InChI is InChI=1S/C26H22INO9/c1-34-19-7-3-5-15(13-19)25(32)36-21(23(29)28-18-11-9-17(27)10-12-18)22(24(30)31)37-26(33)16-6-4-8-20(14-16)35-2/h3-14,21-22H,1-2H3,(H,28,29)(H,30,31)/t21-,22+/m0/s1.